The van der Waals surface area contributed by atoms with Gasteiger partial charge in [-0.1, -0.05) is 54.8 Å². The molecule has 0 unspecified atom stereocenters. The summed E-state index contributed by atoms with van der Waals surface area (Å²) in [6.07, 6.45) is 4.52. The molecule has 4 rings (SSSR count). The van der Waals surface area contributed by atoms with Crippen molar-refractivity contribution in [3.05, 3.63) is 65.2 Å². The maximum Gasteiger partial charge on any atom is 0.252 e. The second-order valence-electron chi connectivity index (χ2n) is 6.53. The number of hydrogen-bond donors (Lipinski definition) is 1. The number of hydrogen-bond acceptors (Lipinski definition) is 2. The standard InChI is InChI=1S/C21H19ClN2O/c22-15-11-9-14(10-12-15)20-13-18(17-7-3-4-8-19(17)24-20)21(25)23-16-5-1-2-6-16/h3-4,7-13,16H,1-2,5-6H2,(H,23,25). The number of benzene rings is 2. The molecule has 0 saturated heterocycles. The van der Waals surface area contributed by atoms with Gasteiger partial charge in [0, 0.05) is 22.0 Å². The van der Waals surface area contributed by atoms with Gasteiger partial charge in [-0.15, -0.1) is 0 Å². The van der Waals surface area contributed by atoms with Gasteiger partial charge in [0.15, 0.2) is 0 Å². The number of aromatic nitrogens is 1. The van der Waals surface area contributed by atoms with Crippen LogP contribution >= 0.6 is 11.6 Å². The van der Waals surface area contributed by atoms with E-state index >= 15 is 0 Å². The minimum absolute atomic E-state index is 0.0132. The van der Waals surface area contributed by atoms with Crippen LogP contribution in [-0.2, 0) is 0 Å². The summed E-state index contributed by atoms with van der Waals surface area (Å²) in [5.74, 6) is -0.0132. The largest absolute Gasteiger partial charge is 0.349 e. The van der Waals surface area contributed by atoms with Crippen molar-refractivity contribution in [2.75, 3.05) is 0 Å². The third-order valence-corrected chi connectivity index (χ3v) is 5.04. The van der Waals surface area contributed by atoms with Crippen molar-refractivity contribution in [1.29, 1.82) is 0 Å². The Kier molecular flexibility index (Phi) is 4.41. The van der Waals surface area contributed by atoms with E-state index in [2.05, 4.69) is 5.32 Å². The van der Waals surface area contributed by atoms with Crippen LogP contribution in [0.4, 0.5) is 0 Å². The number of nitrogens with zero attached hydrogens (tertiary/aromatic N) is 1. The summed E-state index contributed by atoms with van der Waals surface area (Å²) in [5.41, 5.74) is 3.24. The van der Waals surface area contributed by atoms with Crippen LogP contribution in [0.15, 0.2) is 54.6 Å². The number of pyridine rings is 1. The summed E-state index contributed by atoms with van der Waals surface area (Å²) in [6.45, 7) is 0. The number of fused-ring (bicyclic) bond motifs is 1. The van der Waals surface area contributed by atoms with Crippen molar-refractivity contribution < 1.29 is 4.79 Å². The molecule has 1 fully saturated rings. The maximum atomic E-state index is 12.9. The molecule has 126 valence electrons. The van der Waals surface area contributed by atoms with Crippen LogP contribution in [0.25, 0.3) is 22.2 Å². The molecule has 1 saturated carbocycles. The van der Waals surface area contributed by atoms with Crippen LogP contribution in [0.3, 0.4) is 0 Å². The number of halogens is 1. The van der Waals surface area contributed by atoms with E-state index in [0.717, 1.165) is 35.0 Å². The molecule has 1 aliphatic carbocycles. The van der Waals surface area contributed by atoms with Gasteiger partial charge in [0.1, 0.15) is 0 Å². The molecular formula is C21H19ClN2O. The third-order valence-electron chi connectivity index (χ3n) is 4.79. The quantitative estimate of drug-likeness (QED) is 0.703. The maximum absolute atomic E-state index is 12.9. The summed E-state index contributed by atoms with van der Waals surface area (Å²) in [5, 5.41) is 4.76. The zero-order valence-electron chi connectivity index (χ0n) is 13.8. The number of para-hydroxylation sites is 1. The van der Waals surface area contributed by atoms with Crippen LogP contribution < -0.4 is 5.32 Å². The first-order valence-corrected chi connectivity index (χ1v) is 9.05. The minimum atomic E-state index is -0.0132. The lowest BCUT2D eigenvalue weighted by Gasteiger charge is -2.14. The first kappa shape index (κ1) is 16.1. The lowest BCUT2D eigenvalue weighted by atomic mass is 10.0. The first-order chi connectivity index (χ1) is 12.2. The monoisotopic (exact) mass is 350 g/mol. The lowest BCUT2D eigenvalue weighted by molar-refractivity contribution is 0.0939. The molecule has 0 atom stereocenters. The third kappa shape index (κ3) is 3.38. The first-order valence-electron chi connectivity index (χ1n) is 8.67. The highest BCUT2D eigenvalue weighted by atomic mass is 35.5. The van der Waals surface area contributed by atoms with Crippen molar-refractivity contribution in [3.63, 3.8) is 0 Å². The Morgan fingerprint density at radius 1 is 1.04 bits per heavy atom. The molecule has 0 aliphatic heterocycles. The fourth-order valence-electron chi connectivity index (χ4n) is 3.47. The van der Waals surface area contributed by atoms with Gasteiger partial charge in [-0.3, -0.25) is 4.79 Å². The van der Waals surface area contributed by atoms with E-state index in [4.69, 9.17) is 16.6 Å². The second-order valence-corrected chi connectivity index (χ2v) is 6.97. The summed E-state index contributed by atoms with van der Waals surface area (Å²) in [6, 6.07) is 17.5. The van der Waals surface area contributed by atoms with E-state index in [1.165, 1.54) is 12.8 Å². The average molecular weight is 351 g/mol. The topological polar surface area (TPSA) is 42.0 Å². The summed E-state index contributed by atoms with van der Waals surface area (Å²) >= 11 is 5.99. The van der Waals surface area contributed by atoms with Gasteiger partial charge in [-0.2, -0.15) is 0 Å². The Balaban J connectivity index is 1.78. The van der Waals surface area contributed by atoms with Crippen LogP contribution in [0.5, 0.6) is 0 Å². The van der Waals surface area contributed by atoms with E-state index in [9.17, 15) is 4.79 Å². The molecule has 1 N–H and O–H groups in total. The van der Waals surface area contributed by atoms with Gasteiger partial charge in [0.2, 0.25) is 0 Å². The Labute approximate surface area is 152 Å². The molecule has 2 aromatic carbocycles. The molecule has 1 aliphatic rings. The zero-order valence-corrected chi connectivity index (χ0v) is 14.6. The van der Waals surface area contributed by atoms with E-state index in [1.54, 1.807) is 0 Å². The number of amides is 1. The second kappa shape index (κ2) is 6.85. The van der Waals surface area contributed by atoms with Crippen LogP contribution in [-0.4, -0.2) is 16.9 Å². The number of carbonyl (C=O) groups excluding carboxylic acids is 1. The fourth-order valence-corrected chi connectivity index (χ4v) is 3.59. The van der Waals surface area contributed by atoms with Crippen molar-refractivity contribution in [2.24, 2.45) is 0 Å². The van der Waals surface area contributed by atoms with Crippen LogP contribution in [0.2, 0.25) is 5.02 Å². The van der Waals surface area contributed by atoms with Gasteiger partial charge in [-0.05, 0) is 37.1 Å². The predicted octanol–water partition coefficient (Wildman–Crippen LogP) is 5.23. The Morgan fingerprint density at radius 2 is 1.76 bits per heavy atom. The molecule has 0 radical (unpaired) electrons. The zero-order chi connectivity index (χ0) is 17.2. The molecule has 1 aromatic heterocycles. The minimum Gasteiger partial charge on any atom is -0.349 e. The van der Waals surface area contributed by atoms with E-state index in [0.29, 0.717) is 16.6 Å². The van der Waals surface area contributed by atoms with E-state index in [-0.39, 0.29) is 5.91 Å². The Hall–Kier alpha value is -2.39. The molecular weight excluding hydrogens is 332 g/mol. The number of rotatable bonds is 3. The Bertz CT molecular complexity index is 915. The molecule has 0 spiro atoms. The van der Waals surface area contributed by atoms with Crippen molar-refractivity contribution in [1.82, 2.24) is 10.3 Å². The van der Waals surface area contributed by atoms with Crippen LogP contribution in [0.1, 0.15) is 36.0 Å². The Morgan fingerprint density at radius 3 is 2.52 bits per heavy atom. The highest BCUT2D eigenvalue weighted by molar-refractivity contribution is 6.30. The van der Waals surface area contributed by atoms with Gasteiger partial charge in [-0.25, -0.2) is 4.98 Å². The van der Waals surface area contributed by atoms with Gasteiger partial charge >= 0.3 is 0 Å². The highest BCUT2D eigenvalue weighted by Gasteiger charge is 2.20. The number of carbonyl (C=O) groups is 1. The summed E-state index contributed by atoms with van der Waals surface area (Å²) in [7, 11) is 0. The fraction of sp³-hybridized carbons (Fsp3) is 0.238. The molecule has 1 amide bonds. The van der Waals surface area contributed by atoms with E-state index < -0.39 is 0 Å². The molecule has 1 heterocycles. The molecule has 4 heteroatoms. The van der Waals surface area contributed by atoms with Crippen molar-refractivity contribution >= 4 is 28.4 Å². The molecule has 3 nitrogen and oxygen atoms in total. The van der Waals surface area contributed by atoms with Gasteiger partial charge in [0.25, 0.3) is 5.91 Å². The molecule has 25 heavy (non-hydrogen) atoms. The van der Waals surface area contributed by atoms with Crippen LogP contribution in [0, 0.1) is 0 Å². The van der Waals surface area contributed by atoms with Crippen molar-refractivity contribution in [3.8, 4) is 11.3 Å². The molecule has 0 bridgehead atoms. The summed E-state index contributed by atoms with van der Waals surface area (Å²) in [4.78, 5) is 17.6. The highest BCUT2D eigenvalue weighted by Crippen LogP contribution is 2.26. The predicted molar refractivity (Wildman–Crippen MR) is 102 cm³/mol. The van der Waals surface area contributed by atoms with Gasteiger partial charge < -0.3 is 5.32 Å². The van der Waals surface area contributed by atoms with Crippen molar-refractivity contribution in [2.45, 2.75) is 31.7 Å². The number of nitrogens with one attached hydrogen (secondary N) is 1. The summed E-state index contributed by atoms with van der Waals surface area (Å²) < 4.78 is 0. The normalized spacial score (nSPS) is 14.8. The lowest BCUT2D eigenvalue weighted by Crippen LogP contribution is -2.32. The van der Waals surface area contributed by atoms with Gasteiger partial charge in [0.05, 0.1) is 16.8 Å². The average Bonchev–Trinajstić information content (AvgIpc) is 3.14. The smallest absolute Gasteiger partial charge is 0.252 e. The van der Waals surface area contributed by atoms with E-state index in [1.807, 2.05) is 54.6 Å². The molecule has 3 aromatic rings. The SMILES string of the molecule is O=C(NC1CCCC1)c1cc(-c2ccc(Cl)cc2)nc2ccccc12.